The summed E-state index contributed by atoms with van der Waals surface area (Å²) in [5.41, 5.74) is 2.41. The van der Waals surface area contributed by atoms with Gasteiger partial charge in [0.15, 0.2) is 5.13 Å². The van der Waals surface area contributed by atoms with Crippen LogP contribution in [0.15, 0.2) is 30.6 Å². The zero-order valence-corrected chi connectivity index (χ0v) is 15.6. The van der Waals surface area contributed by atoms with Gasteiger partial charge in [0.05, 0.1) is 13.2 Å². The van der Waals surface area contributed by atoms with E-state index in [1.54, 1.807) is 12.4 Å². The highest BCUT2D eigenvalue weighted by molar-refractivity contribution is 7.22. The fraction of sp³-hybridized carbons (Fsp3) is 0.333. The first kappa shape index (κ1) is 17.6. The zero-order chi connectivity index (χ0) is 18.6. The van der Waals surface area contributed by atoms with Crippen molar-refractivity contribution in [2.24, 2.45) is 0 Å². The van der Waals surface area contributed by atoms with E-state index >= 15 is 0 Å². The van der Waals surface area contributed by atoms with Crippen molar-refractivity contribution < 1.29 is 14.3 Å². The minimum absolute atomic E-state index is 0.0220. The second kappa shape index (κ2) is 7.85. The lowest BCUT2D eigenvalue weighted by Crippen LogP contribution is -2.28. The van der Waals surface area contributed by atoms with E-state index in [1.807, 2.05) is 25.1 Å². The van der Waals surface area contributed by atoms with Crippen molar-refractivity contribution in [3.8, 4) is 17.0 Å². The van der Waals surface area contributed by atoms with Gasteiger partial charge in [-0.3, -0.25) is 10.3 Å². The summed E-state index contributed by atoms with van der Waals surface area (Å²) in [4.78, 5) is 25.8. The predicted octanol–water partition coefficient (Wildman–Crippen LogP) is 3.06. The van der Waals surface area contributed by atoms with Crippen molar-refractivity contribution >= 4 is 32.8 Å². The second-order valence-corrected chi connectivity index (χ2v) is 6.99. The van der Waals surface area contributed by atoms with Crippen LogP contribution in [0.5, 0.6) is 5.88 Å². The first-order valence-electron chi connectivity index (χ1n) is 8.74. The summed E-state index contributed by atoms with van der Waals surface area (Å²) in [5, 5.41) is 5.90. The summed E-state index contributed by atoms with van der Waals surface area (Å²) in [6, 6.07) is 5.45. The van der Waals surface area contributed by atoms with Gasteiger partial charge in [-0.05, 0) is 19.1 Å². The summed E-state index contributed by atoms with van der Waals surface area (Å²) >= 11 is 1.31. The van der Waals surface area contributed by atoms with Crippen LogP contribution in [-0.4, -0.2) is 46.8 Å². The Bertz CT molecular complexity index is 941. The van der Waals surface area contributed by atoms with Gasteiger partial charge in [0, 0.05) is 36.5 Å². The third-order valence-corrected chi connectivity index (χ3v) is 4.93. The quantitative estimate of drug-likeness (QED) is 0.700. The van der Waals surface area contributed by atoms with Crippen molar-refractivity contribution in [2.75, 3.05) is 25.1 Å². The van der Waals surface area contributed by atoms with Crippen LogP contribution in [-0.2, 0) is 4.74 Å². The molecule has 4 heterocycles. The minimum atomic E-state index is -0.288. The molecule has 27 heavy (non-hydrogen) atoms. The van der Waals surface area contributed by atoms with Gasteiger partial charge in [0.2, 0.25) is 5.88 Å². The number of hydrogen-bond acceptors (Lipinski definition) is 7. The lowest BCUT2D eigenvalue weighted by atomic mass is 10.1. The number of aromatic nitrogens is 3. The average Bonchev–Trinajstić information content (AvgIpc) is 3.31. The Morgan fingerprint density at radius 1 is 1.44 bits per heavy atom. The Hall–Kier alpha value is -2.78. The molecule has 1 aliphatic heterocycles. The van der Waals surface area contributed by atoms with E-state index in [2.05, 4.69) is 25.6 Å². The number of carbonyl (C=O) groups excluding carboxylic acids is 1. The molecule has 8 nitrogen and oxygen atoms in total. The molecule has 1 atom stereocenters. The number of ether oxygens (including phenoxy) is 2. The molecular formula is C18H19N5O3S. The molecule has 0 spiro atoms. The van der Waals surface area contributed by atoms with Gasteiger partial charge in [-0.1, -0.05) is 17.4 Å². The molecule has 2 N–H and O–H groups in total. The van der Waals surface area contributed by atoms with E-state index in [0.717, 1.165) is 17.5 Å². The Labute approximate surface area is 160 Å². The maximum atomic E-state index is 11.8. The van der Waals surface area contributed by atoms with E-state index in [-0.39, 0.29) is 12.1 Å². The van der Waals surface area contributed by atoms with Crippen LogP contribution in [0.4, 0.5) is 9.93 Å². The molecular weight excluding hydrogens is 366 g/mol. The number of pyridine rings is 2. The Morgan fingerprint density at radius 3 is 3.11 bits per heavy atom. The largest absolute Gasteiger partial charge is 0.471 e. The van der Waals surface area contributed by atoms with Crippen molar-refractivity contribution in [1.29, 1.82) is 0 Å². The highest BCUT2D eigenvalue weighted by atomic mass is 32.1. The van der Waals surface area contributed by atoms with Gasteiger partial charge in [-0.2, -0.15) is 0 Å². The molecule has 140 valence electrons. The molecule has 3 aromatic heterocycles. The summed E-state index contributed by atoms with van der Waals surface area (Å²) in [6.45, 7) is 3.65. The van der Waals surface area contributed by atoms with Crippen LogP contribution in [0, 0.1) is 0 Å². The SMILES string of the molecule is CCNC(=O)Nc1nc2cc(-c3cccnc3)c(O[C@H]3CCOC3)nc2s1. The van der Waals surface area contributed by atoms with Gasteiger partial charge in [0.25, 0.3) is 0 Å². The summed E-state index contributed by atoms with van der Waals surface area (Å²) in [5.74, 6) is 0.527. The first-order valence-corrected chi connectivity index (χ1v) is 9.56. The second-order valence-electron chi connectivity index (χ2n) is 6.01. The summed E-state index contributed by atoms with van der Waals surface area (Å²) < 4.78 is 11.5. The van der Waals surface area contributed by atoms with Crippen LogP contribution >= 0.6 is 11.3 Å². The van der Waals surface area contributed by atoms with Crippen LogP contribution < -0.4 is 15.4 Å². The van der Waals surface area contributed by atoms with Crippen molar-refractivity contribution in [1.82, 2.24) is 20.3 Å². The Balaban J connectivity index is 1.72. The number of fused-ring (bicyclic) bond motifs is 1. The Morgan fingerprint density at radius 2 is 2.37 bits per heavy atom. The molecule has 0 radical (unpaired) electrons. The highest BCUT2D eigenvalue weighted by Crippen LogP contribution is 2.35. The van der Waals surface area contributed by atoms with Crippen molar-refractivity contribution in [3.63, 3.8) is 0 Å². The number of amides is 2. The minimum Gasteiger partial charge on any atom is -0.471 e. The maximum absolute atomic E-state index is 11.8. The van der Waals surface area contributed by atoms with E-state index < -0.39 is 0 Å². The molecule has 0 bridgehead atoms. The van der Waals surface area contributed by atoms with Gasteiger partial charge in [-0.15, -0.1) is 0 Å². The number of hydrogen-bond donors (Lipinski definition) is 2. The lowest BCUT2D eigenvalue weighted by molar-refractivity contribution is 0.139. The molecule has 1 fully saturated rings. The number of rotatable bonds is 5. The van der Waals surface area contributed by atoms with Gasteiger partial charge < -0.3 is 14.8 Å². The van der Waals surface area contributed by atoms with Gasteiger partial charge >= 0.3 is 6.03 Å². The normalized spacial score (nSPS) is 16.4. The molecule has 3 aromatic rings. The van der Waals surface area contributed by atoms with Crippen LogP contribution in [0.25, 0.3) is 21.5 Å². The van der Waals surface area contributed by atoms with E-state index in [1.165, 1.54) is 11.3 Å². The molecule has 9 heteroatoms. The number of anilines is 1. The molecule has 2 amide bonds. The number of carbonyl (C=O) groups is 1. The van der Waals surface area contributed by atoms with E-state index in [0.29, 0.717) is 41.1 Å². The molecule has 0 aliphatic carbocycles. The number of nitrogens with one attached hydrogen (secondary N) is 2. The van der Waals surface area contributed by atoms with Crippen LogP contribution in [0.2, 0.25) is 0 Å². The highest BCUT2D eigenvalue weighted by Gasteiger charge is 2.22. The van der Waals surface area contributed by atoms with Crippen LogP contribution in [0.1, 0.15) is 13.3 Å². The smallest absolute Gasteiger partial charge is 0.321 e. The number of nitrogens with zero attached hydrogens (tertiary/aromatic N) is 3. The third-order valence-electron chi connectivity index (χ3n) is 4.05. The zero-order valence-electron chi connectivity index (χ0n) is 14.8. The van der Waals surface area contributed by atoms with Crippen LogP contribution in [0.3, 0.4) is 0 Å². The van der Waals surface area contributed by atoms with Gasteiger partial charge in [0.1, 0.15) is 16.5 Å². The van der Waals surface area contributed by atoms with Crippen molar-refractivity contribution in [2.45, 2.75) is 19.4 Å². The molecule has 4 rings (SSSR count). The number of thiazole rings is 1. The maximum Gasteiger partial charge on any atom is 0.321 e. The molecule has 0 aromatic carbocycles. The van der Waals surface area contributed by atoms with E-state index in [4.69, 9.17) is 9.47 Å². The van der Waals surface area contributed by atoms with E-state index in [9.17, 15) is 4.79 Å². The molecule has 0 saturated carbocycles. The average molecular weight is 385 g/mol. The monoisotopic (exact) mass is 385 g/mol. The standard InChI is InChI=1S/C18H19N5O3S/c1-2-20-17(24)23-18-21-14-8-13(11-4-3-6-19-9-11)15(22-16(14)27-18)26-12-5-7-25-10-12/h3-4,6,8-9,12H,2,5,7,10H2,1H3,(H2,20,21,23,24)/t12-/m0/s1. The number of urea groups is 1. The molecule has 0 unspecified atom stereocenters. The lowest BCUT2D eigenvalue weighted by Gasteiger charge is -2.14. The van der Waals surface area contributed by atoms with Gasteiger partial charge in [-0.25, -0.2) is 14.8 Å². The summed E-state index contributed by atoms with van der Waals surface area (Å²) in [7, 11) is 0. The third kappa shape index (κ3) is 3.99. The predicted molar refractivity (Wildman–Crippen MR) is 103 cm³/mol. The fourth-order valence-electron chi connectivity index (χ4n) is 2.79. The first-order chi connectivity index (χ1) is 13.2. The molecule has 1 aliphatic rings. The summed E-state index contributed by atoms with van der Waals surface area (Å²) in [6.07, 6.45) is 4.30. The fourth-order valence-corrected chi connectivity index (χ4v) is 3.60. The molecule has 1 saturated heterocycles. The Kier molecular flexibility index (Phi) is 5.12. The topological polar surface area (TPSA) is 98.3 Å². The van der Waals surface area contributed by atoms with Crippen molar-refractivity contribution in [3.05, 3.63) is 30.6 Å².